The fraction of sp³-hybridized carbons (Fsp3) is 0.400. The van der Waals surface area contributed by atoms with Gasteiger partial charge in [0, 0.05) is 25.5 Å². The minimum absolute atomic E-state index is 0.944. The Labute approximate surface area is 73.0 Å². The third kappa shape index (κ3) is 0.876. The molecule has 0 saturated heterocycles. The average Bonchev–Trinajstić information content (AvgIpc) is 2.35. The molecule has 64 valence electrons. The number of aryl methyl sites for hydroxylation is 1. The summed E-state index contributed by atoms with van der Waals surface area (Å²) in [5.74, 6) is 0. The summed E-state index contributed by atoms with van der Waals surface area (Å²) in [5, 5.41) is 0. The lowest BCUT2D eigenvalue weighted by atomic mass is 10.1. The Balaban J connectivity index is 2.62. The van der Waals surface area contributed by atoms with Gasteiger partial charge in [-0.25, -0.2) is 0 Å². The summed E-state index contributed by atoms with van der Waals surface area (Å²) in [7, 11) is 4.15. The van der Waals surface area contributed by atoms with Gasteiger partial charge in [0.1, 0.15) is 0 Å². The highest BCUT2D eigenvalue weighted by molar-refractivity contribution is 5.71. The summed E-state index contributed by atoms with van der Waals surface area (Å²) >= 11 is 0. The molecule has 2 N–H and O–H groups in total. The molecule has 2 heteroatoms. The van der Waals surface area contributed by atoms with Gasteiger partial charge in [-0.15, -0.1) is 0 Å². The van der Waals surface area contributed by atoms with Gasteiger partial charge in [0.15, 0.2) is 0 Å². The van der Waals surface area contributed by atoms with Gasteiger partial charge in [0.05, 0.1) is 0 Å². The molecule has 2 rings (SSSR count). The first-order valence-corrected chi connectivity index (χ1v) is 4.27. The molecule has 0 saturated carbocycles. The fourth-order valence-corrected chi connectivity index (χ4v) is 1.98. The molecule has 0 amide bonds. The molecule has 1 aliphatic carbocycles. The van der Waals surface area contributed by atoms with Crippen LogP contribution in [0.25, 0.3) is 0 Å². The van der Waals surface area contributed by atoms with E-state index in [1.807, 2.05) is 6.07 Å². The Morgan fingerprint density at radius 2 is 2.00 bits per heavy atom. The van der Waals surface area contributed by atoms with Crippen LogP contribution in [-0.4, -0.2) is 14.1 Å². The number of nitrogens with two attached hydrogens (primary N) is 1. The van der Waals surface area contributed by atoms with E-state index in [1.54, 1.807) is 0 Å². The number of rotatable bonds is 1. The Kier molecular flexibility index (Phi) is 1.50. The van der Waals surface area contributed by atoms with Crippen molar-refractivity contribution in [2.45, 2.75) is 12.8 Å². The van der Waals surface area contributed by atoms with Crippen molar-refractivity contribution in [2.75, 3.05) is 24.7 Å². The molecule has 0 aliphatic heterocycles. The summed E-state index contributed by atoms with van der Waals surface area (Å²) in [6, 6.07) is 4.16. The van der Waals surface area contributed by atoms with E-state index in [9.17, 15) is 0 Å². The molecule has 1 aliphatic rings. The third-order valence-electron chi connectivity index (χ3n) is 2.49. The van der Waals surface area contributed by atoms with Gasteiger partial charge in [0.25, 0.3) is 0 Å². The van der Waals surface area contributed by atoms with Crippen molar-refractivity contribution in [3.8, 4) is 0 Å². The van der Waals surface area contributed by atoms with Crippen LogP contribution in [-0.2, 0) is 12.8 Å². The third-order valence-corrected chi connectivity index (χ3v) is 2.49. The van der Waals surface area contributed by atoms with Gasteiger partial charge < -0.3 is 10.6 Å². The largest absolute Gasteiger partial charge is 0.398 e. The van der Waals surface area contributed by atoms with Crippen molar-refractivity contribution in [3.63, 3.8) is 0 Å². The molecule has 0 aromatic heterocycles. The van der Waals surface area contributed by atoms with Crippen LogP contribution in [0.1, 0.15) is 11.1 Å². The van der Waals surface area contributed by atoms with Crippen LogP contribution in [0.15, 0.2) is 12.1 Å². The van der Waals surface area contributed by atoms with Crippen molar-refractivity contribution in [1.82, 2.24) is 0 Å². The lowest BCUT2D eigenvalue weighted by molar-refractivity contribution is 1.03. The van der Waals surface area contributed by atoms with Crippen LogP contribution in [0.4, 0.5) is 11.4 Å². The molecule has 0 fully saturated rings. The smallest absolute Gasteiger partial charge is 0.0447 e. The Bertz CT molecular complexity index is 316. The summed E-state index contributed by atoms with van der Waals surface area (Å²) in [4.78, 5) is 2.16. The number of anilines is 2. The summed E-state index contributed by atoms with van der Waals surface area (Å²) < 4.78 is 0. The van der Waals surface area contributed by atoms with Crippen LogP contribution in [0.2, 0.25) is 0 Å². The second-order valence-electron chi connectivity index (χ2n) is 3.54. The van der Waals surface area contributed by atoms with Crippen molar-refractivity contribution in [3.05, 3.63) is 23.3 Å². The second-order valence-corrected chi connectivity index (χ2v) is 3.54. The maximum Gasteiger partial charge on any atom is 0.0447 e. The minimum atomic E-state index is 0.944. The molecule has 0 atom stereocenters. The van der Waals surface area contributed by atoms with E-state index in [-0.39, 0.29) is 0 Å². The molecule has 1 aromatic rings. The van der Waals surface area contributed by atoms with E-state index in [0.29, 0.717) is 0 Å². The van der Waals surface area contributed by atoms with Gasteiger partial charge in [0.2, 0.25) is 0 Å². The Morgan fingerprint density at radius 3 is 2.58 bits per heavy atom. The predicted octanol–water partition coefficient (Wildman–Crippen LogP) is 1.43. The quantitative estimate of drug-likeness (QED) is 0.633. The number of hydrogen-bond donors (Lipinski definition) is 1. The van der Waals surface area contributed by atoms with Crippen LogP contribution < -0.4 is 10.6 Å². The Hall–Kier alpha value is -1.18. The van der Waals surface area contributed by atoms with E-state index in [4.69, 9.17) is 5.73 Å². The lowest BCUT2D eigenvalue weighted by Gasteiger charge is -2.16. The Morgan fingerprint density at radius 1 is 1.25 bits per heavy atom. The molecule has 12 heavy (non-hydrogen) atoms. The first-order chi connectivity index (χ1) is 5.70. The predicted molar refractivity (Wildman–Crippen MR) is 52.6 cm³/mol. The topological polar surface area (TPSA) is 29.3 Å². The summed E-state index contributed by atoms with van der Waals surface area (Å²) in [6.45, 7) is 0. The van der Waals surface area contributed by atoms with E-state index < -0.39 is 0 Å². The lowest BCUT2D eigenvalue weighted by Crippen LogP contribution is -2.11. The molecular formula is C10H14N2. The van der Waals surface area contributed by atoms with Crippen LogP contribution in [0.5, 0.6) is 0 Å². The highest BCUT2D eigenvalue weighted by Gasteiger charge is 2.19. The van der Waals surface area contributed by atoms with Crippen molar-refractivity contribution < 1.29 is 0 Å². The first-order valence-electron chi connectivity index (χ1n) is 4.27. The first kappa shape index (κ1) is 7.47. The SMILES string of the molecule is CN(C)c1c2ccc(N)c1CC2. The number of benzene rings is 1. The van der Waals surface area contributed by atoms with Gasteiger partial charge >= 0.3 is 0 Å². The zero-order valence-corrected chi connectivity index (χ0v) is 7.59. The second kappa shape index (κ2) is 2.41. The molecule has 0 radical (unpaired) electrons. The molecule has 0 spiro atoms. The summed E-state index contributed by atoms with van der Waals surface area (Å²) in [6.07, 6.45) is 2.27. The van der Waals surface area contributed by atoms with Crippen LogP contribution >= 0.6 is 0 Å². The van der Waals surface area contributed by atoms with Gasteiger partial charge in [-0.2, -0.15) is 0 Å². The van der Waals surface area contributed by atoms with Crippen LogP contribution in [0.3, 0.4) is 0 Å². The van der Waals surface area contributed by atoms with E-state index in [0.717, 1.165) is 18.5 Å². The molecular weight excluding hydrogens is 148 g/mol. The molecule has 2 nitrogen and oxygen atoms in total. The number of hydrogen-bond acceptors (Lipinski definition) is 2. The minimum Gasteiger partial charge on any atom is -0.398 e. The number of nitrogen functional groups attached to an aromatic ring is 1. The van der Waals surface area contributed by atoms with Crippen LogP contribution in [0, 0.1) is 0 Å². The monoisotopic (exact) mass is 162 g/mol. The van der Waals surface area contributed by atoms with Gasteiger partial charge in [-0.3, -0.25) is 0 Å². The van der Waals surface area contributed by atoms with Crippen molar-refractivity contribution >= 4 is 11.4 Å². The normalized spacial score (nSPS) is 13.5. The maximum absolute atomic E-state index is 5.88. The van der Waals surface area contributed by atoms with Crippen molar-refractivity contribution in [2.24, 2.45) is 0 Å². The zero-order valence-electron chi connectivity index (χ0n) is 7.59. The molecule has 1 aromatic carbocycles. The maximum atomic E-state index is 5.88. The average molecular weight is 162 g/mol. The van der Waals surface area contributed by atoms with Gasteiger partial charge in [-0.1, -0.05) is 6.07 Å². The highest BCUT2D eigenvalue weighted by atomic mass is 15.1. The standard InChI is InChI=1S/C10H14N2/c1-12(2)10-7-3-5-8(10)9(11)6-4-7/h4,6H,3,5,11H2,1-2H3. The molecule has 2 bridgehead atoms. The van der Waals surface area contributed by atoms with E-state index >= 15 is 0 Å². The van der Waals surface area contributed by atoms with Gasteiger partial charge in [-0.05, 0) is 30.0 Å². The molecule has 0 heterocycles. The zero-order chi connectivity index (χ0) is 8.72. The van der Waals surface area contributed by atoms with E-state index in [1.165, 1.54) is 16.8 Å². The number of fused-ring (bicyclic) bond motifs is 2. The number of nitrogens with zero attached hydrogens (tertiary/aromatic N) is 1. The summed E-state index contributed by atoms with van der Waals surface area (Å²) in [5.41, 5.74) is 10.9. The van der Waals surface area contributed by atoms with E-state index in [2.05, 4.69) is 25.1 Å². The van der Waals surface area contributed by atoms with Crippen molar-refractivity contribution in [1.29, 1.82) is 0 Å². The molecule has 0 unspecified atom stereocenters. The fourth-order valence-electron chi connectivity index (χ4n) is 1.98. The highest BCUT2D eigenvalue weighted by Crippen LogP contribution is 2.36.